The second-order valence-corrected chi connectivity index (χ2v) is 22.9. The van der Waals surface area contributed by atoms with E-state index in [1.807, 2.05) is 26.0 Å². The van der Waals surface area contributed by atoms with E-state index in [0.717, 1.165) is 0 Å². The number of carbonyl (C=O) groups is 2. The summed E-state index contributed by atoms with van der Waals surface area (Å²) in [4.78, 5) is 26.3. The van der Waals surface area contributed by atoms with Gasteiger partial charge in [0.15, 0.2) is 0 Å². The molecular formula is C29H47NO3Sn. The molecule has 0 bridgehead atoms. The van der Waals surface area contributed by atoms with Gasteiger partial charge in [-0.3, -0.25) is 0 Å². The van der Waals surface area contributed by atoms with Crippen LogP contribution in [0, 0.1) is 5.92 Å². The maximum absolute atomic E-state index is 12.5. The van der Waals surface area contributed by atoms with Crippen molar-refractivity contribution in [1.29, 1.82) is 0 Å². The molecule has 0 aromatic rings. The van der Waals surface area contributed by atoms with E-state index in [9.17, 15) is 14.7 Å². The maximum atomic E-state index is 12.5. The Morgan fingerprint density at radius 3 is 1.79 bits per heavy atom. The fourth-order valence-corrected chi connectivity index (χ4v) is 18.8. The number of ketones is 1. The molecule has 1 aliphatic rings. The third-order valence-corrected chi connectivity index (χ3v) is 20.8. The number of carbonyl (C=O) groups excluding carboxylic acids is 2. The monoisotopic (exact) mass is 577 g/mol. The molecular weight excluding hydrogens is 529 g/mol. The average molecular weight is 576 g/mol. The molecule has 0 aromatic carbocycles. The summed E-state index contributed by atoms with van der Waals surface area (Å²) >= 11 is -2.23. The standard InChI is InChI=1S/C17H20NO3.3C4H9.Sn/c1-5-6-7-8-9-10-11-13(19)14-16(20)15(12(2)3)18(4)17(14)21;3*1-3-4-2;/h1,5-12,15,19H,2-4H3;3*1,3-4H2,2H3;/b5-1?,7-6+,9-8+,11-10+,14-13+;;;;/t15-;;;;/m0..../s1. The summed E-state index contributed by atoms with van der Waals surface area (Å²) in [6, 6.07) is -0.507. The molecule has 1 heterocycles. The zero-order valence-electron chi connectivity index (χ0n) is 22.3. The molecule has 0 aliphatic carbocycles. The molecule has 0 aromatic heterocycles. The molecule has 5 heteroatoms. The Balaban J connectivity index is 2.82. The zero-order chi connectivity index (χ0) is 25.6. The first-order chi connectivity index (χ1) is 16.2. The number of hydrogen-bond acceptors (Lipinski definition) is 3. The summed E-state index contributed by atoms with van der Waals surface area (Å²) < 4.78 is 7.02. The van der Waals surface area contributed by atoms with Gasteiger partial charge in [-0.05, 0) is 5.92 Å². The molecule has 1 aliphatic heterocycles. The number of amides is 1. The van der Waals surface area contributed by atoms with Gasteiger partial charge in [-0.1, -0.05) is 13.8 Å². The topological polar surface area (TPSA) is 57.6 Å². The van der Waals surface area contributed by atoms with Gasteiger partial charge < -0.3 is 0 Å². The van der Waals surface area contributed by atoms with Gasteiger partial charge in [-0.15, -0.1) is 0 Å². The fourth-order valence-electron chi connectivity index (χ4n) is 4.68. The number of Topliss-reactive ketones (excluding diaryl/α,β-unsaturated/α-hetero) is 1. The number of likely N-dealkylation sites (tertiary alicyclic amines) is 1. The van der Waals surface area contributed by atoms with Crippen LogP contribution in [-0.2, 0) is 9.59 Å². The van der Waals surface area contributed by atoms with Crippen molar-refractivity contribution >= 4 is 30.1 Å². The second-order valence-electron chi connectivity index (χ2n) is 9.89. The number of likely N-dealkylation sites (N-methyl/N-ethyl adjacent to an activating group) is 1. The second kappa shape index (κ2) is 16.2. The first kappa shape index (κ1) is 30.5. The van der Waals surface area contributed by atoms with Crippen molar-refractivity contribution < 1.29 is 14.7 Å². The fraction of sp³-hybridized carbons (Fsp3) is 0.586. The molecule has 1 N–H and O–H groups in total. The van der Waals surface area contributed by atoms with Gasteiger partial charge in [0, 0.05) is 7.05 Å². The third-order valence-electron chi connectivity index (χ3n) is 6.70. The number of rotatable bonds is 15. The average Bonchev–Trinajstić information content (AvgIpc) is 3.03. The minimum atomic E-state index is -2.23. The Labute approximate surface area is 212 Å². The summed E-state index contributed by atoms with van der Waals surface area (Å²) in [5, 5.41) is 10.3. The van der Waals surface area contributed by atoms with E-state index in [1.54, 1.807) is 19.2 Å². The zero-order valence-corrected chi connectivity index (χ0v) is 25.2. The molecule has 1 rings (SSSR count). The van der Waals surface area contributed by atoms with Crippen LogP contribution in [0.4, 0.5) is 0 Å². The Morgan fingerprint density at radius 2 is 1.35 bits per heavy atom. The van der Waals surface area contributed by atoms with Crippen LogP contribution in [0.2, 0.25) is 13.3 Å². The number of nitrogens with zero attached hydrogens (tertiary/aromatic N) is 1. The van der Waals surface area contributed by atoms with E-state index in [1.165, 1.54) is 62.8 Å². The van der Waals surface area contributed by atoms with Gasteiger partial charge in [-0.25, -0.2) is 0 Å². The molecule has 0 spiro atoms. The number of hydrogen-bond donors (Lipinski definition) is 1. The van der Waals surface area contributed by atoms with E-state index < -0.39 is 30.3 Å². The van der Waals surface area contributed by atoms with Gasteiger partial charge in [0.2, 0.25) is 0 Å². The molecule has 4 nitrogen and oxygen atoms in total. The molecule has 1 amide bonds. The Kier molecular flexibility index (Phi) is 14.5. The van der Waals surface area contributed by atoms with Gasteiger partial charge in [0.25, 0.3) is 0 Å². The molecule has 0 saturated carbocycles. The minimum absolute atomic E-state index is 0.00287. The van der Waals surface area contributed by atoms with E-state index >= 15 is 0 Å². The van der Waals surface area contributed by atoms with Crippen molar-refractivity contribution in [2.75, 3.05) is 7.05 Å². The van der Waals surface area contributed by atoms with Crippen LogP contribution in [-0.4, -0.2) is 53.2 Å². The normalized spacial score (nSPS) is 19.4. The molecule has 1 saturated heterocycles. The van der Waals surface area contributed by atoms with Crippen molar-refractivity contribution in [3.63, 3.8) is 0 Å². The summed E-state index contributed by atoms with van der Waals surface area (Å²) in [6.45, 7) is 10.7. The van der Waals surface area contributed by atoms with Crippen LogP contribution in [0.5, 0.6) is 0 Å². The van der Waals surface area contributed by atoms with Crippen LogP contribution in [0.1, 0.15) is 73.1 Å². The van der Waals surface area contributed by atoms with Gasteiger partial charge in [0.05, 0.1) is 0 Å². The van der Waals surface area contributed by atoms with Crippen molar-refractivity contribution in [2.24, 2.45) is 5.92 Å². The van der Waals surface area contributed by atoms with Gasteiger partial charge in [0.1, 0.15) is 0 Å². The van der Waals surface area contributed by atoms with E-state index in [-0.39, 0.29) is 23.0 Å². The van der Waals surface area contributed by atoms with Crippen LogP contribution < -0.4 is 0 Å². The van der Waals surface area contributed by atoms with Crippen molar-refractivity contribution in [2.45, 2.75) is 92.5 Å². The first-order valence-corrected chi connectivity index (χ1v) is 20.9. The molecule has 34 heavy (non-hydrogen) atoms. The van der Waals surface area contributed by atoms with Crippen molar-refractivity contribution in [3.05, 3.63) is 58.0 Å². The summed E-state index contributed by atoms with van der Waals surface area (Å²) in [5.74, 6) is -0.977. The molecule has 1 atom stereocenters. The number of aliphatic hydroxyl groups excluding tert-OH is 1. The van der Waals surface area contributed by atoms with Crippen LogP contribution in [0.15, 0.2) is 58.0 Å². The van der Waals surface area contributed by atoms with Crippen molar-refractivity contribution in [1.82, 2.24) is 4.90 Å². The third kappa shape index (κ3) is 9.24. The SMILES string of the molecule is CCC[CH2][Sn](/[CH]=C/C=C/C=C/C=C/C(O)=C1/C(=O)[C@H](C(C)C)N(C)C1=O)([CH2]CCC)[CH2]CCC. The summed E-state index contributed by atoms with van der Waals surface area (Å²) in [5.41, 5.74) is -0.112. The van der Waals surface area contributed by atoms with Gasteiger partial charge >= 0.3 is 186 Å². The van der Waals surface area contributed by atoms with E-state index in [2.05, 4.69) is 37.0 Å². The predicted molar refractivity (Wildman–Crippen MR) is 148 cm³/mol. The van der Waals surface area contributed by atoms with Crippen LogP contribution in [0.25, 0.3) is 0 Å². The number of aliphatic hydroxyl groups is 1. The number of unbranched alkanes of at least 4 members (excludes halogenated alkanes) is 3. The molecule has 0 unspecified atom stereocenters. The van der Waals surface area contributed by atoms with Crippen LogP contribution >= 0.6 is 0 Å². The quantitative estimate of drug-likeness (QED) is 0.0724. The Morgan fingerprint density at radius 1 is 0.882 bits per heavy atom. The van der Waals surface area contributed by atoms with E-state index in [4.69, 9.17) is 0 Å². The van der Waals surface area contributed by atoms with Gasteiger partial charge in [-0.2, -0.15) is 0 Å². The Hall–Kier alpha value is -1.56. The first-order valence-electron chi connectivity index (χ1n) is 13.2. The summed E-state index contributed by atoms with van der Waals surface area (Å²) in [6.07, 6.45) is 21.1. The predicted octanol–water partition coefficient (Wildman–Crippen LogP) is 7.48. The van der Waals surface area contributed by atoms with Crippen LogP contribution in [0.3, 0.4) is 0 Å². The Bertz CT molecular complexity index is 782. The van der Waals surface area contributed by atoms with Crippen molar-refractivity contribution in [3.8, 4) is 0 Å². The molecule has 0 radical (unpaired) electrons. The summed E-state index contributed by atoms with van der Waals surface area (Å²) in [7, 11) is 1.61. The molecule has 1 fully saturated rings. The van der Waals surface area contributed by atoms with E-state index in [0.29, 0.717) is 0 Å². The number of allylic oxidation sites excluding steroid dienone is 7. The molecule has 190 valence electrons.